The number of furan rings is 1. The SMILES string of the molecule is CCOC(=O)c1oc2ccc(NS(=O)(=O)c3ccc(-c4ccccc4)cc3)cc2c1C. The van der Waals surface area contributed by atoms with Crippen molar-refractivity contribution in [2.24, 2.45) is 0 Å². The van der Waals surface area contributed by atoms with Gasteiger partial charge in [0.05, 0.1) is 11.5 Å². The molecule has 4 rings (SSSR count). The minimum atomic E-state index is -3.78. The summed E-state index contributed by atoms with van der Waals surface area (Å²) < 4.78 is 38.9. The van der Waals surface area contributed by atoms with Crippen LogP contribution in [-0.4, -0.2) is 21.0 Å². The van der Waals surface area contributed by atoms with E-state index in [1.807, 2.05) is 30.3 Å². The van der Waals surface area contributed by atoms with Gasteiger partial charge in [-0.2, -0.15) is 0 Å². The van der Waals surface area contributed by atoms with Gasteiger partial charge in [-0.05, 0) is 55.3 Å². The third-order valence-corrected chi connectivity index (χ3v) is 6.32. The van der Waals surface area contributed by atoms with Crippen LogP contribution in [0.3, 0.4) is 0 Å². The summed E-state index contributed by atoms with van der Waals surface area (Å²) in [6, 6.07) is 21.3. The number of ether oxygens (including phenoxy) is 1. The van der Waals surface area contributed by atoms with Crippen molar-refractivity contribution in [1.29, 1.82) is 0 Å². The van der Waals surface area contributed by atoms with Gasteiger partial charge in [-0.3, -0.25) is 4.72 Å². The van der Waals surface area contributed by atoms with Gasteiger partial charge in [0, 0.05) is 16.6 Å². The van der Waals surface area contributed by atoms with Gasteiger partial charge >= 0.3 is 5.97 Å². The normalized spacial score (nSPS) is 11.4. The zero-order chi connectivity index (χ0) is 22.0. The van der Waals surface area contributed by atoms with Gasteiger partial charge in [-0.1, -0.05) is 42.5 Å². The van der Waals surface area contributed by atoms with E-state index in [0.717, 1.165) is 11.1 Å². The number of anilines is 1. The van der Waals surface area contributed by atoms with Crippen LogP contribution in [0.2, 0.25) is 0 Å². The maximum Gasteiger partial charge on any atom is 0.374 e. The van der Waals surface area contributed by atoms with E-state index >= 15 is 0 Å². The summed E-state index contributed by atoms with van der Waals surface area (Å²) in [6.45, 7) is 3.69. The van der Waals surface area contributed by atoms with Crippen molar-refractivity contribution in [3.63, 3.8) is 0 Å². The lowest BCUT2D eigenvalue weighted by Crippen LogP contribution is -2.12. The van der Waals surface area contributed by atoms with Crippen molar-refractivity contribution >= 4 is 32.6 Å². The average molecular weight is 436 g/mol. The topological polar surface area (TPSA) is 85.6 Å². The quantitative estimate of drug-likeness (QED) is 0.411. The molecule has 7 heteroatoms. The molecule has 31 heavy (non-hydrogen) atoms. The Morgan fingerprint density at radius 1 is 0.968 bits per heavy atom. The Morgan fingerprint density at radius 2 is 1.65 bits per heavy atom. The Balaban J connectivity index is 1.60. The fourth-order valence-electron chi connectivity index (χ4n) is 3.35. The van der Waals surface area contributed by atoms with Crippen LogP contribution >= 0.6 is 0 Å². The number of esters is 1. The van der Waals surface area contributed by atoms with E-state index in [0.29, 0.717) is 22.2 Å². The predicted octanol–water partition coefficient (Wildman–Crippen LogP) is 5.39. The molecule has 0 unspecified atom stereocenters. The van der Waals surface area contributed by atoms with Crippen molar-refractivity contribution in [3.05, 3.63) is 84.1 Å². The number of sulfonamides is 1. The third-order valence-electron chi connectivity index (χ3n) is 4.92. The summed E-state index contributed by atoms with van der Waals surface area (Å²) in [5.74, 6) is -0.426. The van der Waals surface area contributed by atoms with Gasteiger partial charge in [0.25, 0.3) is 10.0 Å². The number of rotatable bonds is 6. The van der Waals surface area contributed by atoms with Crippen LogP contribution in [0, 0.1) is 6.92 Å². The molecule has 0 spiro atoms. The first-order valence-electron chi connectivity index (χ1n) is 9.77. The Morgan fingerprint density at radius 3 is 2.32 bits per heavy atom. The van der Waals surface area contributed by atoms with Crippen LogP contribution < -0.4 is 4.72 Å². The largest absolute Gasteiger partial charge is 0.460 e. The lowest BCUT2D eigenvalue weighted by molar-refractivity contribution is 0.0491. The minimum Gasteiger partial charge on any atom is -0.460 e. The molecule has 4 aromatic rings. The molecule has 0 bridgehead atoms. The molecule has 0 aliphatic rings. The Bertz CT molecular complexity index is 1340. The molecule has 0 aliphatic heterocycles. The van der Waals surface area contributed by atoms with Crippen LogP contribution in [0.15, 0.2) is 82.1 Å². The number of fused-ring (bicyclic) bond motifs is 1. The summed E-state index contributed by atoms with van der Waals surface area (Å²) in [4.78, 5) is 12.2. The standard InChI is InChI=1S/C24H21NO5S/c1-3-29-24(26)23-16(2)21-15-19(11-14-22(21)30-23)25-31(27,28)20-12-9-18(10-13-20)17-7-5-4-6-8-17/h4-15,25H,3H2,1-2H3. The summed E-state index contributed by atoms with van der Waals surface area (Å²) in [7, 11) is -3.78. The molecule has 6 nitrogen and oxygen atoms in total. The molecular formula is C24H21NO5S. The van der Waals surface area contributed by atoms with E-state index in [-0.39, 0.29) is 17.3 Å². The van der Waals surface area contributed by atoms with Gasteiger partial charge in [0.15, 0.2) is 0 Å². The maximum absolute atomic E-state index is 12.9. The van der Waals surface area contributed by atoms with Crippen LogP contribution in [-0.2, 0) is 14.8 Å². The van der Waals surface area contributed by atoms with Crippen molar-refractivity contribution in [3.8, 4) is 11.1 Å². The lowest BCUT2D eigenvalue weighted by Gasteiger charge is -2.09. The van der Waals surface area contributed by atoms with E-state index in [1.165, 1.54) is 0 Å². The fraction of sp³-hybridized carbons (Fsp3) is 0.125. The third kappa shape index (κ3) is 4.18. The smallest absolute Gasteiger partial charge is 0.374 e. The fourth-order valence-corrected chi connectivity index (χ4v) is 4.40. The van der Waals surface area contributed by atoms with Gasteiger partial charge in [0.2, 0.25) is 5.76 Å². The molecule has 1 heterocycles. The van der Waals surface area contributed by atoms with E-state index in [9.17, 15) is 13.2 Å². The molecule has 0 aliphatic carbocycles. The first kappa shape index (κ1) is 20.7. The Labute approximate surface area is 180 Å². The second-order valence-electron chi connectivity index (χ2n) is 6.98. The number of carbonyl (C=O) groups is 1. The van der Waals surface area contributed by atoms with Gasteiger partial charge in [-0.25, -0.2) is 13.2 Å². The number of benzene rings is 3. The highest BCUT2D eigenvalue weighted by Crippen LogP contribution is 2.30. The minimum absolute atomic E-state index is 0.119. The van der Waals surface area contributed by atoms with Gasteiger partial charge < -0.3 is 9.15 Å². The van der Waals surface area contributed by atoms with Crippen molar-refractivity contribution in [1.82, 2.24) is 0 Å². The molecule has 3 aromatic carbocycles. The van der Waals surface area contributed by atoms with Crippen LogP contribution in [0.5, 0.6) is 0 Å². The molecule has 0 saturated carbocycles. The van der Waals surface area contributed by atoms with Crippen molar-refractivity contribution in [2.45, 2.75) is 18.7 Å². The van der Waals surface area contributed by atoms with Crippen LogP contribution in [0.25, 0.3) is 22.1 Å². The summed E-state index contributed by atoms with van der Waals surface area (Å²) in [5.41, 5.74) is 3.40. The van der Waals surface area contributed by atoms with E-state index in [1.54, 1.807) is 56.3 Å². The molecule has 0 atom stereocenters. The van der Waals surface area contributed by atoms with Gasteiger partial charge in [-0.15, -0.1) is 0 Å². The highest BCUT2D eigenvalue weighted by Gasteiger charge is 2.20. The molecular weight excluding hydrogens is 414 g/mol. The molecule has 0 fully saturated rings. The zero-order valence-corrected chi connectivity index (χ0v) is 17.9. The average Bonchev–Trinajstić information content (AvgIpc) is 3.10. The Kier molecular flexibility index (Phi) is 5.52. The number of hydrogen-bond acceptors (Lipinski definition) is 5. The van der Waals surface area contributed by atoms with Crippen LogP contribution in [0.1, 0.15) is 23.0 Å². The molecule has 158 valence electrons. The summed E-state index contributed by atoms with van der Waals surface area (Å²) >= 11 is 0. The number of hydrogen-bond donors (Lipinski definition) is 1. The molecule has 0 amide bonds. The number of aryl methyl sites for hydroxylation is 1. The van der Waals surface area contributed by atoms with Crippen LogP contribution in [0.4, 0.5) is 5.69 Å². The predicted molar refractivity (Wildman–Crippen MR) is 120 cm³/mol. The molecule has 0 radical (unpaired) electrons. The maximum atomic E-state index is 12.9. The van der Waals surface area contributed by atoms with Crippen molar-refractivity contribution < 1.29 is 22.4 Å². The molecule has 0 saturated heterocycles. The molecule has 1 N–H and O–H groups in total. The monoisotopic (exact) mass is 435 g/mol. The van der Waals surface area contributed by atoms with E-state index in [2.05, 4.69) is 4.72 Å². The Hall–Kier alpha value is -3.58. The lowest BCUT2D eigenvalue weighted by atomic mass is 10.1. The number of carbonyl (C=O) groups excluding carboxylic acids is 1. The van der Waals surface area contributed by atoms with Gasteiger partial charge in [0.1, 0.15) is 5.58 Å². The first-order chi connectivity index (χ1) is 14.9. The second kappa shape index (κ2) is 8.28. The first-order valence-corrected chi connectivity index (χ1v) is 11.3. The summed E-state index contributed by atoms with van der Waals surface area (Å²) in [5, 5.41) is 0.641. The molecule has 1 aromatic heterocycles. The highest BCUT2D eigenvalue weighted by atomic mass is 32.2. The summed E-state index contributed by atoms with van der Waals surface area (Å²) in [6.07, 6.45) is 0. The van der Waals surface area contributed by atoms with E-state index < -0.39 is 16.0 Å². The highest BCUT2D eigenvalue weighted by molar-refractivity contribution is 7.92. The zero-order valence-electron chi connectivity index (χ0n) is 17.1. The number of nitrogens with one attached hydrogen (secondary N) is 1. The van der Waals surface area contributed by atoms with E-state index in [4.69, 9.17) is 9.15 Å². The van der Waals surface area contributed by atoms with Crippen molar-refractivity contribution in [2.75, 3.05) is 11.3 Å². The second-order valence-corrected chi connectivity index (χ2v) is 8.67.